The van der Waals surface area contributed by atoms with Gasteiger partial charge in [0, 0.05) is 11.1 Å². The lowest BCUT2D eigenvalue weighted by molar-refractivity contribution is -0.116. The zero-order chi connectivity index (χ0) is 14.1. The molecule has 1 unspecified atom stereocenters. The fourth-order valence-corrected chi connectivity index (χ4v) is 2.35. The Morgan fingerprint density at radius 1 is 1.10 bits per heavy atom. The fourth-order valence-electron chi connectivity index (χ4n) is 2.35. The molecule has 20 heavy (non-hydrogen) atoms. The van der Waals surface area contributed by atoms with Crippen LogP contribution in [-0.4, -0.2) is 17.7 Å². The average Bonchev–Trinajstić information content (AvgIpc) is 2.58. The van der Waals surface area contributed by atoms with E-state index >= 15 is 0 Å². The van der Waals surface area contributed by atoms with Crippen LogP contribution >= 0.6 is 0 Å². The predicted octanol–water partition coefficient (Wildman–Crippen LogP) is 3.17. The minimum Gasteiger partial charge on any atom is -0.324 e. The molecule has 0 radical (unpaired) electrons. The summed E-state index contributed by atoms with van der Waals surface area (Å²) in [6.45, 7) is 3.86. The normalized spacial score (nSPS) is 17.8. The molecule has 100 valence electrons. The number of nitrogens with one attached hydrogen (secondary N) is 1. The van der Waals surface area contributed by atoms with Gasteiger partial charge < -0.3 is 5.32 Å². The summed E-state index contributed by atoms with van der Waals surface area (Å²) in [6.07, 6.45) is 0. The van der Waals surface area contributed by atoms with Crippen LogP contribution in [0.4, 0.5) is 5.69 Å². The van der Waals surface area contributed by atoms with Crippen molar-refractivity contribution in [1.29, 1.82) is 0 Å². The molecule has 0 bridgehead atoms. The van der Waals surface area contributed by atoms with E-state index in [1.165, 1.54) is 0 Å². The average molecular weight is 264 g/mol. The first kappa shape index (κ1) is 12.6. The first-order valence-corrected chi connectivity index (χ1v) is 6.70. The molecule has 0 spiro atoms. The van der Waals surface area contributed by atoms with Crippen LogP contribution in [0.15, 0.2) is 53.5 Å². The van der Waals surface area contributed by atoms with Crippen molar-refractivity contribution in [3.63, 3.8) is 0 Å². The number of carbonyl (C=O) groups is 1. The number of fused-ring (bicyclic) bond motifs is 1. The number of benzene rings is 2. The summed E-state index contributed by atoms with van der Waals surface area (Å²) in [5.41, 5.74) is 4.86. The molecule has 0 aliphatic carbocycles. The highest BCUT2D eigenvalue weighted by atomic mass is 16.2. The second-order valence-corrected chi connectivity index (χ2v) is 5.06. The SMILES string of the molecule is Cc1ccc2c(c1)C(c1ccccc1)=NC(C)C(=O)N2. The summed E-state index contributed by atoms with van der Waals surface area (Å²) in [4.78, 5) is 16.6. The van der Waals surface area contributed by atoms with Crippen LogP contribution in [0.5, 0.6) is 0 Å². The van der Waals surface area contributed by atoms with Gasteiger partial charge in [-0.2, -0.15) is 0 Å². The van der Waals surface area contributed by atoms with Gasteiger partial charge in [0.1, 0.15) is 6.04 Å². The molecule has 3 heteroatoms. The van der Waals surface area contributed by atoms with Crippen molar-refractivity contribution in [3.8, 4) is 0 Å². The lowest BCUT2D eigenvalue weighted by atomic mass is 9.99. The number of nitrogens with zero attached hydrogens (tertiary/aromatic N) is 1. The number of hydrogen-bond acceptors (Lipinski definition) is 2. The van der Waals surface area contributed by atoms with E-state index in [9.17, 15) is 4.79 Å². The number of aryl methyl sites for hydroxylation is 1. The van der Waals surface area contributed by atoms with Crippen molar-refractivity contribution in [2.75, 3.05) is 5.32 Å². The second kappa shape index (κ2) is 4.93. The highest BCUT2D eigenvalue weighted by Gasteiger charge is 2.22. The lowest BCUT2D eigenvalue weighted by Gasteiger charge is -2.10. The van der Waals surface area contributed by atoms with Crippen LogP contribution in [0.1, 0.15) is 23.6 Å². The Morgan fingerprint density at radius 2 is 1.85 bits per heavy atom. The van der Waals surface area contributed by atoms with Crippen LogP contribution in [-0.2, 0) is 4.79 Å². The monoisotopic (exact) mass is 264 g/mol. The smallest absolute Gasteiger partial charge is 0.248 e. The third-order valence-electron chi connectivity index (χ3n) is 3.44. The predicted molar refractivity (Wildman–Crippen MR) is 81.4 cm³/mol. The number of benzodiazepines with no additional fused rings is 1. The van der Waals surface area contributed by atoms with E-state index in [1.54, 1.807) is 0 Å². The Bertz CT molecular complexity index is 689. The topological polar surface area (TPSA) is 41.5 Å². The Morgan fingerprint density at radius 3 is 2.60 bits per heavy atom. The number of aliphatic imine (C=N–C) groups is 1. The van der Waals surface area contributed by atoms with Gasteiger partial charge in [-0.25, -0.2) is 0 Å². The molecule has 1 aliphatic rings. The molecule has 2 aromatic rings. The molecule has 3 rings (SSSR count). The van der Waals surface area contributed by atoms with Crippen molar-refractivity contribution < 1.29 is 4.79 Å². The number of carbonyl (C=O) groups excluding carboxylic acids is 1. The number of hydrogen-bond donors (Lipinski definition) is 1. The summed E-state index contributed by atoms with van der Waals surface area (Å²) in [7, 11) is 0. The van der Waals surface area contributed by atoms with Gasteiger partial charge in [-0.05, 0) is 26.0 Å². The minimum atomic E-state index is -0.391. The maximum absolute atomic E-state index is 12.0. The summed E-state index contributed by atoms with van der Waals surface area (Å²) in [5, 5.41) is 2.95. The van der Waals surface area contributed by atoms with Gasteiger partial charge in [-0.1, -0.05) is 42.0 Å². The highest BCUT2D eigenvalue weighted by Crippen LogP contribution is 2.25. The quantitative estimate of drug-likeness (QED) is 0.844. The highest BCUT2D eigenvalue weighted by molar-refractivity contribution is 6.19. The van der Waals surface area contributed by atoms with Crippen LogP contribution in [0.3, 0.4) is 0 Å². The van der Waals surface area contributed by atoms with E-state index < -0.39 is 6.04 Å². The van der Waals surface area contributed by atoms with Crippen molar-refractivity contribution in [1.82, 2.24) is 0 Å². The number of anilines is 1. The molecule has 1 aliphatic heterocycles. The molecule has 0 aromatic heterocycles. The molecule has 1 atom stereocenters. The zero-order valence-electron chi connectivity index (χ0n) is 11.6. The Kier molecular flexibility index (Phi) is 3.11. The minimum absolute atomic E-state index is 0.0685. The lowest BCUT2D eigenvalue weighted by Crippen LogP contribution is -2.22. The summed E-state index contributed by atoms with van der Waals surface area (Å²) < 4.78 is 0. The van der Waals surface area contributed by atoms with Crippen LogP contribution < -0.4 is 5.32 Å². The standard InChI is InChI=1S/C17H16N2O/c1-11-8-9-15-14(10-11)16(13-6-4-3-5-7-13)18-12(2)17(20)19-15/h3-10,12H,1-2H3,(H,19,20). The van der Waals surface area contributed by atoms with Crippen LogP contribution in [0, 0.1) is 6.92 Å². The van der Waals surface area contributed by atoms with Crippen LogP contribution in [0.25, 0.3) is 0 Å². The van der Waals surface area contributed by atoms with Crippen molar-refractivity contribution in [2.45, 2.75) is 19.9 Å². The summed E-state index contributed by atoms with van der Waals surface area (Å²) in [5.74, 6) is -0.0685. The van der Waals surface area contributed by atoms with Crippen molar-refractivity contribution in [2.24, 2.45) is 4.99 Å². The van der Waals surface area contributed by atoms with Crippen molar-refractivity contribution >= 4 is 17.3 Å². The van der Waals surface area contributed by atoms with E-state index in [-0.39, 0.29) is 5.91 Å². The van der Waals surface area contributed by atoms with Gasteiger partial charge in [0.25, 0.3) is 0 Å². The second-order valence-electron chi connectivity index (χ2n) is 5.06. The summed E-state index contributed by atoms with van der Waals surface area (Å²) in [6, 6.07) is 15.6. The summed E-state index contributed by atoms with van der Waals surface area (Å²) >= 11 is 0. The number of rotatable bonds is 1. The molecular formula is C17H16N2O. The van der Waals surface area contributed by atoms with E-state index in [1.807, 2.05) is 56.3 Å². The maximum atomic E-state index is 12.0. The van der Waals surface area contributed by atoms with Gasteiger partial charge >= 0.3 is 0 Å². The van der Waals surface area contributed by atoms with E-state index in [0.29, 0.717) is 0 Å². The molecule has 3 nitrogen and oxygen atoms in total. The third kappa shape index (κ3) is 2.23. The van der Waals surface area contributed by atoms with Gasteiger partial charge in [-0.15, -0.1) is 0 Å². The largest absolute Gasteiger partial charge is 0.324 e. The molecule has 0 saturated heterocycles. The zero-order valence-corrected chi connectivity index (χ0v) is 11.6. The van der Waals surface area contributed by atoms with Gasteiger partial charge in [0.15, 0.2) is 0 Å². The Balaban J connectivity index is 2.23. The van der Waals surface area contributed by atoms with E-state index in [4.69, 9.17) is 0 Å². The molecule has 2 aromatic carbocycles. The molecule has 1 N–H and O–H groups in total. The van der Waals surface area contributed by atoms with Gasteiger partial charge in [0.2, 0.25) is 5.91 Å². The molecule has 1 heterocycles. The number of amides is 1. The first-order chi connectivity index (χ1) is 9.65. The first-order valence-electron chi connectivity index (χ1n) is 6.70. The molecule has 0 saturated carbocycles. The maximum Gasteiger partial charge on any atom is 0.248 e. The Labute approximate surface area is 118 Å². The molecule has 0 fully saturated rings. The molecular weight excluding hydrogens is 248 g/mol. The Hall–Kier alpha value is -2.42. The van der Waals surface area contributed by atoms with Crippen LogP contribution in [0.2, 0.25) is 0 Å². The van der Waals surface area contributed by atoms with E-state index in [0.717, 1.165) is 28.1 Å². The van der Waals surface area contributed by atoms with Gasteiger partial charge in [-0.3, -0.25) is 9.79 Å². The fraction of sp³-hybridized carbons (Fsp3) is 0.176. The molecule has 1 amide bonds. The van der Waals surface area contributed by atoms with E-state index in [2.05, 4.69) is 16.4 Å². The van der Waals surface area contributed by atoms with Crippen molar-refractivity contribution in [3.05, 3.63) is 65.2 Å². The third-order valence-corrected chi connectivity index (χ3v) is 3.44. The van der Waals surface area contributed by atoms with Gasteiger partial charge in [0.05, 0.1) is 11.4 Å².